The Morgan fingerprint density at radius 2 is 1.56 bits per heavy atom. The van der Waals surface area contributed by atoms with E-state index in [1.165, 1.54) is 0 Å². The molecule has 2 N–H and O–H groups in total. The lowest BCUT2D eigenvalue weighted by molar-refractivity contribution is 0.240. The van der Waals surface area contributed by atoms with Crippen molar-refractivity contribution < 1.29 is 4.79 Å². The minimum absolute atomic E-state index is 0.0337. The molecule has 0 aliphatic heterocycles. The van der Waals surface area contributed by atoms with Crippen LogP contribution in [0.25, 0.3) is 5.69 Å². The molecule has 2 aromatic heterocycles. The molecule has 2 amide bonds. The van der Waals surface area contributed by atoms with Crippen LogP contribution in [0.1, 0.15) is 16.7 Å². The number of benzene rings is 2. The Bertz CT molecular complexity index is 1250. The number of pyridine rings is 1. The van der Waals surface area contributed by atoms with E-state index >= 15 is 0 Å². The summed E-state index contributed by atoms with van der Waals surface area (Å²) in [5.41, 5.74) is 3.74. The summed E-state index contributed by atoms with van der Waals surface area (Å²) < 4.78 is 3.38. The minimum atomic E-state index is -0.260. The number of hydrogen-bond donors (Lipinski definition) is 2. The van der Waals surface area contributed by atoms with Gasteiger partial charge in [-0.05, 0) is 41.5 Å². The average Bonchev–Trinajstić information content (AvgIpc) is 3.28. The Balaban J connectivity index is 1.24. The maximum atomic E-state index is 12.1. The van der Waals surface area contributed by atoms with Crippen LogP contribution in [-0.2, 0) is 19.6 Å². The van der Waals surface area contributed by atoms with Crippen LogP contribution >= 0.6 is 11.6 Å². The number of hydrogen-bond acceptors (Lipinski definition) is 3. The summed E-state index contributed by atoms with van der Waals surface area (Å²) in [6, 6.07) is 20.0. The number of carbonyl (C=O) groups excluding carboxylic acids is 1. The maximum absolute atomic E-state index is 12.1. The van der Waals surface area contributed by atoms with Gasteiger partial charge in [-0.1, -0.05) is 41.9 Å². The zero-order chi connectivity index (χ0) is 22.3. The van der Waals surface area contributed by atoms with Crippen LogP contribution in [0.15, 0.2) is 90.1 Å². The summed E-state index contributed by atoms with van der Waals surface area (Å²) in [4.78, 5) is 24.0. The monoisotopic (exact) mass is 447 g/mol. The third-order valence-corrected chi connectivity index (χ3v) is 5.16. The topological polar surface area (TPSA) is 81.0 Å². The lowest BCUT2D eigenvalue weighted by Crippen LogP contribution is -2.34. The second kappa shape index (κ2) is 9.98. The molecule has 0 unspecified atom stereocenters. The first-order chi connectivity index (χ1) is 15.6. The Morgan fingerprint density at radius 3 is 2.28 bits per heavy atom. The summed E-state index contributed by atoms with van der Waals surface area (Å²) in [5.74, 6) is 0. The van der Waals surface area contributed by atoms with Gasteiger partial charge in [0, 0.05) is 42.1 Å². The highest BCUT2D eigenvalue weighted by Crippen LogP contribution is 2.13. The van der Waals surface area contributed by atoms with E-state index in [0.29, 0.717) is 24.7 Å². The van der Waals surface area contributed by atoms with Crippen molar-refractivity contribution in [3.05, 3.63) is 117 Å². The predicted octanol–water partition coefficient (Wildman–Crippen LogP) is 3.74. The molecule has 7 nitrogen and oxygen atoms in total. The molecule has 32 heavy (non-hydrogen) atoms. The molecule has 4 rings (SSSR count). The van der Waals surface area contributed by atoms with E-state index in [1.807, 2.05) is 48.7 Å². The molecular formula is C24H22ClN5O2. The van der Waals surface area contributed by atoms with Crippen LogP contribution in [0.4, 0.5) is 4.79 Å². The van der Waals surface area contributed by atoms with E-state index in [-0.39, 0.29) is 11.6 Å². The highest BCUT2D eigenvalue weighted by Gasteiger charge is 2.05. The van der Waals surface area contributed by atoms with Gasteiger partial charge in [-0.25, -0.2) is 9.48 Å². The fourth-order valence-electron chi connectivity index (χ4n) is 3.16. The van der Waals surface area contributed by atoms with Crippen LogP contribution in [-0.4, -0.2) is 20.4 Å². The molecule has 0 atom stereocenters. The van der Waals surface area contributed by atoms with Crippen molar-refractivity contribution in [3.63, 3.8) is 0 Å². The zero-order valence-electron chi connectivity index (χ0n) is 17.2. The van der Waals surface area contributed by atoms with Gasteiger partial charge >= 0.3 is 6.03 Å². The quantitative estimate of drug-likeness (QED) is 0.453. The Morgan fingerprint density at radius 1 is 0.875 bits per heavy atom. The van der Waals surface area contributed by atoms with Crippen molar-refractivity contribution in [3.8, 4) is 5.69 Å². The van der Waals surface area contributed by atoms with Crippen molar-refractivity contribution in [2.24, 2.45) is 0 Å². The van der Waals surface area contributed by atoms with Crippen molar-refractivity contribution >= 4 is 17.6 Å². The maximum Gasteiger partial charge on any atom is 0.315 e. The van der Waals surface area contributed by atoms with E-state index < -0.39 is 0 Å². The van der Waals surface area contributed by atoms with Gasteiger partial charge in [-0.3, -0.25) is 4.79 Å². The molecule has 162 valence electrons. The average molecular weight is 448 g/mol. The molecule has 4 aromatic rings. The summed E-state index contributed by atoms with van der Waals surface area (Å²) in [6.45, 7) is 1.28. The standard InChI is InChI=1S/C24H22ClN5O2/c25-21-8-10-22(11-9-21)30-17-20(15-28-30)14-27-24(32)26-13-18-4-6-19(7-5-18)16-29-12-2-1-3-23(29)31/h1-12,15,17H,13-14,16H2,(H2,26,27,32). The molecule has 0 saturated carbocycles. The SMILES string of the molecule is O=C(NCc1ccc(Cn2ccccc2=O)cc1)NCc1cnn(-c2ccc(Cl)cc2)c1. The Kier molecular flexibility index (Phi) is 6.67. The summed E-state index contributed by atoms with van der Waals surface area (Å²) in [7, 11) is 0. The van der Waals surface area contributed by atoms with Crippen molar-refractivity contribution in [2.75, 3.05) is 0 Å². The number of carbonyl (C=O) groups is 1. The number of amides is 2. The first-order valence-electron chi connectivity index (χ1n) is 10.1. The van der Waals surface area contributed by atoms with Gasteiger partial charge in [-0.2, -0.15) is 5.10 Å². The summed E-state index contributed by atoms with van der Waals surface area (Å²) in [6.07, 6.45) is 5.34. The van der Waals surface area contributed by atoms with E-state index in [2.05, 4.69) is 15.7 Å². The molecule has 0 aliphatic rings. The van der Waals surface area contributed by atoms with Crippen molar-refractivity contribution in [1.29, 1.82) is 0 Å². The van der Waals surface area contributed by atoms with Crippen LogP contribution in [0.3, 0.4) is 0 Å². The first-order valence-corrected chi connectivity index (χ1v) is 10.5. The lowest BCUT2D eigenvalue weighted by atomic mass is 10.1. The predicted molar refractivity (Wildman–Crippen MR) is 124 cm³/mol. The molecular weight excluding hydrogens is 426 g/mol. The second-order valence-corrected chi connectivity index (χ2v) is 7.73. The first kappa shape index (κ1) is 21.4. The molecule has 0 aliphatic carbocycles. The number of nitrogens with zero attached hydrogens (tertiary/aromatic N) is 3. The third-order valence-electron chi connectivity index (χ3n) is 4.91. The fraction of sp³-hybridized carbons (Fsp3) is 0.125. The van der Waals surface area contributed by atoms with Crippen molar-refractivity contribution in [1.82, 2.24) is 25.0 Å². The minimum Gasteiger partial charge on any atom is -0.334 e. The van der Waals surface area contributed by atoms with Gasteiger partial charge in [0.15, 0.2) is 0 Å². The van der Waals surface area contributed by atoms with Gasteiger partial charge in [0.1, 0.15) is 0 Å². The number of rotatable bonds is 7. The molecule has 2 aromatic carbocycles. The molecule has 0 radical (unpaired) electrons. The molecule has 0 bridgehead atoms. The number of urea groups is 1. The number of nitrogens with one attached hydrogen (secondary N) is 2. The van der Waals surface area contributed by atoms with Gasteiger partial charge in [-0.15, -0.1) is 0 Å². The fourth-order valence-corrected chi connectivity index (χ4v) is 3.29. The second-order valence-electron chi connectivity index (χ2n) is 7.29. The molecule has 0 saturated heterocycles. The molecule has 0 spiro atoms. The van der Waals surface area contributed by atoms with Crippen LogP contribution < -0.4 is 16.2 Å². The van der Waals surface area contributed by atoms with Crippen molar-refractivity contribution in [2.45, 2.75) is 19.6 Å². The highest BCUT2D eigenvalue weighted by molar-refractivity contribution is 6.30. The number of halogens is 1. The van der Waals surface area contributed by atoms with Crippen LogP contribution in [0.2, 0.25) is 5.02 Å². The lowest BCUT2D eigenvalue weighted by Gasteiger charge is -2.09. The molecule has 2 heterocycles. The van der Waals surface area contributed by atoms with Gasteiger partial charge < -0.3 is 15.2 Å². The number of aromatic nitrogens is 3. The summed E-state index contributed by atoms with van der Waals surface area (Å²) in [5, 5.41) is 10.7. The van der Waals surface area contributed by atoms with Gasteiger partial charge in [0.25, 0.3) is 5.56 Å². The third kappa shape index (κ3) is 5.65. The van der Waals surface area contributed by atoms with E-state index in [0.717, 1.165) is 22.4 Å². The zero-order valence-corrected chi connectivity index (χ0v) is 18.0. The van der Waals surface area contributed by atoms with E-state index in [4.69, 9.17) is 11.6 Å². The highest BCUT2D eigenvalue weighted by atomic mass is 35.5. The van der Waals surface area contributed by atoms with Gasteiger partial charge in [0.05, 0.1) is 18.4 Å². The summed E-state index contributed by atoms with van der Waals surface area (Å²) >= 11 is 5.91. The largest absolute Gasteiger partial charge is 0.334 e. The van der Waals surface area contributed by atoms with Gasteiger partial charge in [0.2, 0.25) is 0 Å². The molecule has 0 fully saturated rings. The smallest absolute Gasteiger partial charge is 0.315 e. The van der Waals surface area contributed by atoms with Crippen LogP contribution in [0.5, 0.6) is 0 Å². The Hall–Kier alpha value is -3.84. The Labute approximate surface area is 190 Å². The van der Waals surface area contributed by atoms with E-state index in [1.54, 1.807) is 45.9 Å². The van der Waals surface area contributed by atoms with Crippen LogP contribution in [0, 0.1) is 0 Å². The molecule has 8 heteroatoms. The normalized spacial score (nSPS) is 10.7. The van der Waals surface area contributed by atoms with E-state index in [9.17, 15) is 9.59 Å².